The van der Waals surface area contributed by atoms with Crippen LogP contribution in [0.3, 0.4) is 0 Å². The third kappa shape index (κ3) is 7.61. The number of benzene rings is 4. The van der Waals surface area contributed by atoms with Crippen molar-refractivity contribution in [3.8, 4) is 45.7 Å². The summed E-state index contributed by atoms with van der Waals surface area (Å²) in [6.07, 6.45) is -0.143. The molecule has 12 heteroatoms. The molecular formula is C41H33N3O8S. The first-order valence-corrected chi connectivity index (χ1v) is 17.2. The molecule has 1 saturated heterocycles. The minimum atomic E-state index is -0.890. The second-order valence-electron chi connectivity index (χ2n) is 11.9. The minimum absolute atomic E-state index is 0.143. The van der Waals surface area contributed by atoms with Gasteiger partial charge in [-0.15, -0.1) is 0 Å². The van der Waals surface area contributed by atoms with Gasteiger partial charge in [0.25, 0.3) is 0 Å². The maximum Gasteiger partial charge on any atom is 0.338 e. The summed E-state index contributed by atoms with van der Waals surface area (Å²) in [4.78, 5) is 58.2. The molecule has 6 rings (SSSR count). The Labute approximate surface area is 310 Å². The Morgan fingerprint density at radius 3 is 2.09 bits per heavy atom. The van der Waals surface area contributed by atoms with E-state index in [0.29, 0.717) is 39.6 Å². The van der Waals surface area contributed by atoms with E-state index in [1.807, 2.05) is 37.3 Å². The highest BCUT2D eigenvalue weighted by molar-refractivity contribution is 8.00. The number of hydrogen-bond acceptors (Lipinski definition) is 11. The summed E-state index contributed by atoms with van der Waals surface area (Å²) >= 11 is 1.04. The van der Waals surface area contributed by atoms with Gasteiger partial charge in [0, 0.05) is 23.1 Å². The quantitative estimate of drug-likeness (QED) is 0.0738. The standard InChI is InChI=1S/C41H33N3O8S/c1-24-10-12-26(13-11-24)33(45)23-52-41(48)27-14-16-29(17-15-27)44-37(46)21-36(40(44)47)53-39-31(22-42)30(20-32(43-39)25-8-6-5-7-9-25)28-18-34(49-2)38(51-4)35(19-28)50-3/h5-20,36H,21,23H2,1-4H3. The summed E-state index contributed by atoms with van der Waals surface area (Å²) in [6, 6.07) is 29.6. The lowest BCUT2D eigenvalue weighted by Crippen LogP contribution is -2.31. The molecule has 1 fully saturated rings. The van der Waals surface area contributed by atoms with Crippen LogP contribution in [-0.4, -0.2) is 61.7 Å². The minimum Gasteiger partial charge on any atom is -0.493 e. The molecule has 1 aliphatic heterocycles. The molecule has 1 aliphatic rings. The molecule has 0 spiro atoms. The number of nitriles is 1. The van der Waals surface area contributed by atoms with Crippen molar-refractivity contribution in [3.05, 3.63) is 119 Å². The lowest BCUT2D eigenvalue weighted by atomic mass is 9.98. The maximum absolute atomic E-state index is 13.8. The number of pyridine rings is 1. The molecule has 1 unspecified atom stereocenters. The predicted molar refractivity (Wildman–Crippen MR) is 198 cm³/mol. The van der Waals surface area contributed by atoms with Gasteiger partial charge in [-0.05, 0) is 55.0 Å². The van der Waals surface area contributed by atoms with E-state index in [1.165, 1.54) is 45.6 Å². The Morgan fingerprint density at radius 1 is 0.849 bits per heavy atom. The highest BCUT2D eigenvalue weighted by Crippen LogP contribution is 2.44. The zero-order valence-electron chi connectivity index (χ0n) is 29.2. The first-order chi connectivity index (χ1) is 25.6. The molecule has 4 aromatic carbocycles. The number of rotatable bonds is 12. The summed E-state index contributed by atoms with van der Waals surface area (Å²) in [7, 11) is 4.50. The summed E-state index contributed by atoms with van der Waals surface area (Å²) in [5, 5.41) is 9.87. The van der Waals surface area contributed by atoms with E-state index in [-0.39, 0.29) is 34.0 Å². The number of ether oxygens (including phenoxy) is 4. The fourth-order valence-electron chi connectivity index (χ4n) is 5.82. The molecule has 0 aliphatic carbocycles. The van der Waals surface area contributed by atoms with E-state index < -0.39 is 29.6 Å². The van der Waals surface area contributed by atoms with Crippen molar-refractivity contribution >= 4 is 41.0 Å². The van der Waals surface area contributed by atoms with Crippen LogP contribution in [0.15, 0.2) is 102 Å². The number of imide groups is 1. The number of Topliss-reactive ketones (excluding diaryl/α,β-unsaturated/α-hetero) is 1. The Balaban J connectivity index is 1.26. The van der Waals surface area contributed by atoms with Crippen molar-refractivity contribution in [1.82, 2.24) is 4.98 Å². The number of methoxy groups -OCH3 is 3. The van der Waals surface area contributed by atoms with Crippen LogP contribution in [0, 0.1) is 18.3 Å². The molecular weight excluding hydrogens is 695 g/mol. The van der Waals surface area contributed by atoms with Crippen LogP contribution in [0.5, 0.6) is 17.2 Å². The number of amides is 2. The molecule has 2 heterocycles. The van der Waals surface area contributed by atoms with Gasteiger partial charge in [0.1, 0.15) is 11.1 Å². The van der Waals surface area contributed by atoms with Gasteiger partial charge in [-0.1, -0.05) is 71.9 Å². The Hall–Kier alpha value is -6.45. The van der Waals surface area contributed by atoms with Crippen LogP contribution in [0.4, 0.5) is 5.69 Å². The molecule has 2 amide bonds. The van der Waals surface area contributed by atoms with E-state index in [0.717, 1.165) is 27.8 Å². The lowest BCUT2D eigenvalue weighted by Gasteiger charge is -2.18. The fourth-order valence-corrected chi connectivity index (χ4v) is 6.95. The summed E-state index contributed by atoms with van der Waals surface area (Å²) in [6.45, 7) is 1.47. The zero-order valence-corrected chi connectivity index (χ0v) is 30.1. The smallest absolute Gasteiger partial charge is 0.338 e. The van der Waals surface area contributed by atoms with Crippen molar-refractivity contribution in [2.24, 2.45) is 0 Å². The number of aromatic nitrogens is 1. The number of hydrogen-bond donors (Lipinski definition) is 0. The van der Waals surface area contributed by atoms with Gasteiger partial charge in [0.2, 0.25) is 17.6 Å². The van der Waals surface area contributed by atoms with E-state index in [1.54, 1.807) is 42.5 Å². The van der Waals surface area contributed by atoms with Gasteiger partial charge in [0.15, 0.2) is 23.9 Å². The number of aryl methyl sites for hydroxylation is 1. The number of thioether (sulfide) groups is 1. The molecule has 0 N–H and O–H groups in total. The largest absolute Gasteiger partial charge is 0.493 e. The highest BCUT2D eigenvalue weighted by Gasteiger charge is 2.41. The van der Waals surface area contributed by atoms with Gasteiger partial charge in [0.05, 0.1) is 49.1 Å². The molecule has 0 bridgehead atoms. The molecule has 0 saturated carbocycles. The average Bonchev–Trinajstić information content (AvgIpc) is 3.47. The van der Waals surface area contributed by atoms with Crippen molar-refractivity contribution in [2.45, 2.75) is 23.6 Å². The first kappa shape index (κ1) is 36.3. The monoisotopic (exact) mass is 727 g/mol. The molecule has 266 valence electrons. The molecule has 5 aromatic rings. The van der Waals surface area contributed by atoms with Crippen LogP contribution in [0.2, 0.25) is 0 Å². The molecule has 1 aromatic heterocycles. The number of esters is 1. The van der Waals surface area contributed by atoms with Gasteiger partial charge >= 0.3 is 5.97 Å². The SMILES string of the molecule is COc1cc(-c2cc(-c3ccccc3)nc(SC3CC(=O)N(c4ccc(C(=O)OCC(=O)c5ccc(C)cc5)cc4)C3=O)c2C#N)cc(OC)c1OC. The predicted octanol–water partition coefficient (Wildman–Crippen LogP) is 7.09. The van der Waals surface area contributed by atoms with Crippen LogP contribution in [-0.2, 0) is 14.3 Å². The van der Waals surface area contributed by atoms with E-state index in [2.05, 4.69) is 6.07 Å². The highest BCUT2D eigenvalue weighted by atomic mass is 32.2. The summed E-state index contributed by atoms with van der Waals surface area (Å²) < 4.78 is 21.9. The maximum atomic E-state index is 13.8. The Bertz CT molecular complexity index is 2230. The van der Waals surface area contributed by atoms with Crippen LogP contribution >= 0.6 is 11.8 Å². The summed E-state index contributed by atoms with van der Waals surface area (Å²) in [5.41, 5.74) is 4.47. The third-order valence-corrected chi connectivity index (χ3v) is 9.74. The van der Waals surface area contributed by atoms with Crippen molar-refractivity contribution in [2.75, 3.05) is 32.8 Å². The van der Waals surface area contributed by atoms with E-state index in [9.17, 15) is 24.4 Å². The second kappa shape index (κ2) is 15.8. The zero-order chi connectivity index (χ0) is 37.6. The van der Waals surface area contributed by atoms with E-state index in [4.69, 9.17) is 23.9 Å². The molecule has 11 nitrogen and oxygen atoms in total. The number of nitrogens with zero attached hydrogens (tertiary/aromatic N) is 3. The van der Waals surface area contributed by atoms with Gasteiger partial charge in [-0.25, -0.2) is 14.7 Å². The van der Waals surface area contributed by atoms with Crippen molar-refractivity contribution in [3.63, 3.8) is 0 Å². The van der Waals surface area contributed by atoms with Crippen molar-refractivity contribution < 1.29 is 38.1 Å². The van der Waals surface area contributed by atoms with Gasteiger partial charge in [-0.2, -0.15) is 5.26 Å². The third-order valence-electron chi connectivity index (χ3n) is 8.57. The van der Waals surface area contributed by atoms with Crippen molar-refractivity contribution in [1.29, 1.82) is 5.26 Å². The summed E-state index contributed by atoms with van der Waals surface area (Å²) in [5.74, 6) is -0.845. The first-order valence-electron chi connectivity index (χ1n) is 16.4. The number of carbonyl (C=O) groups is 4. The van der Waals surface area contributed by atoms with Crippen LogP contribution in [0.25, 0.3) is 22.4 Å². The van der Waals surface area contributed by atoms with Crippen LogP contribution < -0.4 is 19.1 Å². The fraction of sp³-hybridized carbons (Fsp3) is 0.171. The van der Waals surface area contributed by atoms with Gasteiger partial charge < -0.3 is 18.9 Å². The lowest BCUT2D eigenvalue weighted by molar-refractivity contribution is -0.121. The average molecular weight is 728 g/mol. The second-order valence-corrected chi connectivity index (χ2v) is 13.1. The number of carbonyl (C=O) groups excluding carboxylic acids is 4. The number of anilines is 1. The molecule has 0 radical (unpaired) electrons. The molecule has 1 atom stereocenters. The topological polar surface area (TPSA) is 145 Å². The van der Waals surface area contributed by atoms with E-state index >= 15 is 0 Å². The normalized spacial score (nSPS) is 13.7. The Kier molecular flexibility index (Phi) is 10.9. The van der Waals surface area contributed by atoms with Gasteiger partial charge in [-0.3, -0.25) is 14.4 Å². The molecule has 53 heavy (non-hydrogen) atoms. The number of ketones is 1. The van der Waals surface area contributed by atoms with Crippen LogP contribution in [0.1, 0.15) is 38.3 Å². The Morgan fingerprint density at radius 2 is 1.49 bits per heavy atom.